The Hall–Kier alpha value is -0.940. The molecule has 18 heavy (non-hydrogen) atoms. The SMILES string of the molecule is O=[N+]([O-])c1cc(Cl)ccc1OCCCCCCS. The fourth-order valence-corrected chi connectivity index (χ4v) is 1.89. The molecule has 0 spiro atoms. The van der Waals surface area contributed by atoms with Gasteiger partial charge in [-0.25, -0.2) is 0 Å². The third kappa shape index (κ3) is 5.14. The highest BCUT2D eigenvalue weighted by Gasteiger charge is 2.15. The number of hydrogen-bond acceptors (Lipinski definition) is 4. The van der Waals surface area contributed by atoms with Gasteiger partial charge in [0.25, 0.3) is 0 Å². The summed E-state index contributed by atoms with van der Waals surface area (Å²) in [5.74, 6) is 1.17. The van der Waals surface area contributed by atoms with Crippen LogP contribution in [0.4, 0.5) is 5.69 Å². The first kappa shape index (κ1) is 15.1. The molecule has 0 saturated carbocycles. The summed E-state index contributed by atoms with van der Waals surface area (Å²) in [4.78, 5) is 10.3. The first-order valence-electron chi connectivity index (χ1n) is 5.82. The highest BCUT2D eigenvalue weighted by atomic mass is 35.5. The number of nitro benzene ring substituents is 1. The molecule has 100 valence electrons. The second-order valence-electron chi connectivity index (χ2n) is 3.86. The number of hydrogen-bond donors (Lipinski definition) is 1. The third-order valence-corrected chi connectivity index (χ3v) is 2.98. The van der Waals surface area contributed by atoms with Crippen molar-refractivity contribution in [1.29, 1.82) is 0 Å². The van der Waals surface area contributed by atoms with Crippen molar-refractivity contribution in [2.24, 2.45) is 0 Å². The lowest BCUT2D eigenvalue weighted by molar-refractivity contribution is -0.385. The highest BCUT2D eigenvalue weighted by molar-refractivity contribution is 7.80. The summed E-state index contributed by atoms with van der Waals surface area (Å²) in [7, 11) is 0. The van der Waals surface area contributed by atoms with E-state index < -0.39 is 4.92 Å². The van der Waals surface area contributed by atoms with Crippen LogP contribution in [0, 0.1) is 10.1 Å². The molecule has 0 atom stereocenters. The van der Waals surface area contributed by atoms with E-state index in [9.17, 15) is 10.1 Å². The molecule has 0 amide bonds. The van der Waals surface area contributed by atoms with Crippen molar-refractivity contribution in [3.63, 3.8) is 0 Å². The lowest BCUT2D eigenvalue weighted by atomic mass is 10.2. The van der Waals surface area contributed by atoms with Crippen LogP contribution in [0.25, 0.3) is 0 Å². The molecule has 0 fully saturated rings. The van der Waals surface area contributed by atoms with Crippen molar-refractivity contribution in [3.8, 4) is 5.75 Å². The first-order valence-corrected chi connectivity index (χ1v) is 6.84. The minimum absolute atomic E-state index is 0.0853. The maximum Gasteiger partial charge on any atom is 0.312 e. The summed E-state index contributed by atoms with van der Waals surface area (Å²) in [5.41, 5.74) is -0.0853. The van der Waals surface area contributed by atoms with Gasteiger partial charge in [-0.3, -0.25) is 10.1 Å². The van der Waals surface area contributed by atoms with Gasteiger partial charge < -0.3 is 4.74 Å². The second-order valence-corrected chi connectivity index (χ2v) is 4.74. The molecule has 0 saturated heterocycles. The largest absolute Gasteiger partial charge is 0.487 e. The standard InChI is InChI=1S/C12H16ClNO3S/c13-10-5-6-12(11(9-10)14(15)16)17-7-3-1-2-4-8-18/h5-6,9,18H,1-4,7-8H2. The number of thiol groups is 1. The van der Waals surface area contributed by atoms with E-state index in [1.165, 1.54) is 12.1 Å². The normalized spacial score (nSPS) is 10.3. The van der Waals surface area contributed by atoms with Gasteiger partial charge >= 0.3 is 5.69 Å². The predicted molar refractivity (Wildman–Crippen MR) is 75.9 cm³/mol. The van der Waals surface area contributed by atoms with Gasteiger partial charge in [-0.05, 0) is 30.7 Å². The van der Waals surface area contributed by atoms with Crippen LogP contribution in [0.15, 0.2) is 18.2 Å². The average molecular weight is 290 g/mol. The van der Waals surface area contributed by atoms with E-state index in [4.69, 9.17) is 16.3 Å². The topological polar surface area (TPSA) is 52.4 Å². The van der Waals surface area contributed by atoms with Crippen molar-refractivity contribution < 1.29 is 9.66 Å². The van der Waals surface area contributed by atoms with Crippen LogP contribution in [0.2, 0.25) is 5.02 Å². The summed E-state index contributed by atoms with van der Waals surface area (Å²) in [6.45, 7) is 0.481. The molecular weight excluding hydrogens is 274 g/mol. The molecule has 0 bridgehead atoms. The molecule has 0 unspecified atom stereocenters. The Morgan fingerprint density at radius 1 is 1.28 bits per heavy atom. The van der Waals surface area contributed by atoms with Crippen LogP contribution in [0.3, 0.4) is 0 Å². The van der Waals surface area contributed by atoms with E-state index in [-0.39, 0.29) is 11.4 Å². The van der Waals surface area contributed by atoms with E-state index in [2.05, 4.69) is 12.6 Å². The van der Waals surface area contributed by atoms with Gasteiger partial charge in [0.1, 0.15) is 0 Å². The Morgan fingerprint density at radius 2 is 2.00 bits per heavy atom. The summed E-state index contributed by atoms with van der Waals surface area (Å²) < 4.78 is 5.41. The predicted octanol–water partition coefficient (Wildman–Crippen LogP) is 4.12. The fourth-order valence-electron chi connectivity index (χ4n) is 1.50. The van der Waals surface area contributed by atoms with Crippen LogP contribution in [-0.2, 0) is 0 Å². The van der Waals surface area contributed by atoms with E-state index >= 15 is 0 Å². The van der Waals surface area contributed by atoms with Crippen LogP contribution in [-0.4, -0.2) is 17.3 Å². The number of unbranched alkanes of at least 4 members (excludes halogenated alkanes) is 3. The molecule has 1 aromatic carbocycles. The lowest BCUT2D eigenvalue weighted by Crippen LogP contribution is -2.00. The van der Waals surface area contributed by atoms with E-state index in [1.807, 2.05) is 0 Å². The Morgan fingerprint density at radius 3 is 2.67 bits per heavy atom. The zero-order valence-electron chi connectivity index (χ0n) is 9.97. The van der Waals surface area contributed by atoms with E-state index in [0.717, 1.165) is 31.4 Å². The van der Waals surface area contributed by atoms with Gasteiger partial charge in [0.2, 0.25) is 0 Å². The molecule has 6 heteroatoms. The van der Waals surface area contributed by atoms with Crippen molar-refractivity contribution in [2.75, 3.05) is 12.4 Å². The van der Waals surface area contributed by atoms with Crippen LogP contribution in [0.1, 0.15) is 25.7 Å². The summed E-state index contributed by atoms with van der Waals surface area (Å²) in [5, 5.41) is 11.1. The lowest BCUT2D eigenvalue weighted by Gasteiger charge is -2.06. The monoisotopic (exact) mass is 289 g/mol. The second kappa shape index (κ2) is 8.21. The summed E-state index contributed by atoms with van der Waals surface area (Å²) in [6, 6.07) is 4.43. The fraction of sp³-hybridized carbons (Fsp3) is 0.500. The zero-order chi connectivity index (χ0) is 13.4. The molecule has 0 radical (unpaired) electrons. The number of ether oxygens (including phenoxy) is 1. The molecule has 0 aliphatic rings. The van der Waals surface area contributed by atoms with Crippen LogP contribution >= 0.6 is 24.2 Å². The number of benzene rings is 1. The molecule has 0 aromatic heterocycles. The van der Waals surface area contributed by atoms with Gasteiger partial charge in [0.05, 0.1) is 11.5 Å². The molecular formula is C12H16ClNO3S. The van der Waals surface area contributed by atoms with Crippen LogP contribution < -0.4 is 4.74 Å². The molecule has 1 rings (SSSR count). The third-order valence-electron chi connectivity index (χ3n) is 2.43. The molecule has 0 heterocycles. The summed E-state index contributed by atoms with van der Waals surface area (Å²) >= 11 is 9.84. The van der Waals surface area contributed by atoms with Gasteiger partial charge in [0.15, 0.2) is 5.75 Å². The maximum atomic E-state index is 10.8. The minimum Gasteiger partial charge on any atom is -0.487 e. The van der Waals surface area contributed by atoms with E-state index in [1.54, 1.807) is 6.07 Å². The Kier molecular flexibility index (Phi) is 6.90. The zero-order valence-corrected chi connectivity index (χ0v) is 11.6. The maximum absolute atomic E-state index is 10.8. The molecule has 0 N–H and O–H groups in total. The number of rotatable bonds is 8. The Labute approximate surface area is 117 Å². The number of halogens is 1. The molecule has 4 nitrogen and oxygen atoms in total. The van der Waals surface area contributed by atoms with Crippen molar-refractivity contribution in [2.45, 2.75) is 25.7 Å². The molecule has 1 aromatic rings. The smallest absolute Gasteiger partial charge is 0.312 e. The van der Waals surface area contributed by atoms with Crippen LogP contribution in [0.5, 0.6) is 5.75 Å². The first-order chi connectivity index (χ1) is 8.65. The minimum atomic E-state index is -0.484. The van der Waals surface area contributed by atoms with Crippen molar-refractivity contribution in [3.05, 3.63) is 33.3 Å². The quantitative estimate of drug-likeness (QED) is 0.339. The highest BCUT2D eigenvalue weighted by Crippen LogP contribution is 2.29. The summed E-state index contributed by atoms with van der Waals surface area (Å²) in [6.07, 6.45) is 4.12. The van der Waals surface area contributed by atoms with Gasteiger partial charge in [-0.2, -0.15) is 12.6 Å². The average Bonchev–Trinajstić information content (AvgIpc) is 2.35. The number of nitro groups is 1. The Balaban J connectivity index is 2.44. The van der Waals surface area contributed by atoms with Gasteiger partial charge in [0, 0.05) is 11.1 Å². The van der Waals surface area contributed by atoms with Crippen molar-refractivity contribution >= 4 is 29.9 Å². The van der Waals surface area contributed by atoms with Gasteiger partial charge in [-0.15, -0.1) is 0 Å². The number of nitrogens with zero attached hydrogens (tertiary/aromatic N) is 1. The van der Waals surface area contributed by atoms with Gasteiger partial charge in [-0.1, -0.05) is 24.4 Å². The van der Waals surface area contributed by atoms with E-state index in [0.29, 0.717) is 11.6 Å². The molecule has 0 aliphatic carbocycles. The molecule has 0 aliphatic heterocycles. The Bertz CT molecular complexity index is 401. The van der Waals surface area contributed by atoms with Crippen molar-refractivity contribution in [1.82, 2.24) is 0 Å².